The van der Waals surface area contributed by atoms with Crippen LogP contribution in [0, 0.1) is 5.92 Å². The summed E-state index contributed by atoms with van der Waals surface area (Å²) >= 11 is 0. The van der Waals surface area contributed by atoms with Gasteiger partial charge in [0.2, 0.25) is 5.91 Å². The molecule has 0 aromatic heterocycles. The summed E-state index contributed by atoms with van der Waals surface area (Å²) in [6, 6.07) is 6.82. The first-order valence-corrected chi connectivity index (χ1v) is 8.38. The Balaban J connectivity index is 1.80. The van der Waals surface area contributed by atoms with Crippen molar-refractivity contribution in [1.82, 2.24) is 4.90 Å². The summed E-state index contributed by atoms with van der Waals surface area (Å²) in [4.78, 5) is 26.0. The maximum atomic E-state index is 12.1. The number of nitrogens with one attached hydrogen (secondary N) is 1. The molecule has 1 N–H and O–H groups in total. The highest BCUT2D eigenvalue weighted by molar-refractivity contribution is 5.94. The lowest BCUT2D eigenvalue weighted by Gasteiger charge is -2.29. The van der Waals surface area contributed by atoms with E-state index in [1.165, 1.54) is 0 Å². The summed E-state index contributed by atoms with van der Waals surface area (Å²) in [6.07, 6.45) is 3.11. The first-order chi connectivity index (χ1) is 11.1. The molecule has 1 fully saturated rings. The normalized spacial score (nSPS) is 16.1. The maximum absolute atomic E-state index is 12.1. The molecule has 0 aliphatic carbocycles. The number of nitrogens with zero attached hydrogens (tertiary/aromatic N) is 1. The molecule has 23 heavy (non-hydrogen) atoms. The summed E-state index contributed by atoms with van der Waals surface area (Å²) in [5, 5.41) is 2.88. The summed E-state index contributed by atoms with van der Waals surface area (Å²) in [7, 11) is 0. The van der Waals surface area contributed by atoms with Crippen molar-refractivity contribution in [3.8, 4) is 0 Å². The van der Waals surface area contributed by atoms with Crippen LogP contribution in [0.1, 0.15) is 43.5 Å². The summed E-state index contributed by atoms with van der Waals surface area (Å²) < 4.78 is 5.07. The molecule has 0 spiro atoms. The van der Waals surface area contributed by atoms with Crippen molar-refractivity contribution >= 4 is 17.6 Å². The van der Waals surface area contributed by atoms with E-state index in [1.54, 1.807) is 24.3 Å². The highest BCUT2D eigenvalue weighted by Crippen LogP contribution is 2.16. The van der Waals surface area contributed by atoms with Crippen LogP contribution in [0.25, 0.3) is 0 Å². The number of ether oxygens (including phenoxy) is 1. The van der Waals surface area contributed by atoms with Crippen LogP contribution in [0.3, 0.4) is 0 Å². The number of hydrogen-bond donors (Lipinski definition) is 1. The Bertz CT molecular complexity index is 520. The van der Waals surface area contributed by atoms with Crippen LogP contribution in [0.15, 0.2) is 24.3 Å². The summed E-state index contributed by atoms with van der Waals surface area (Å²) in [5.74, 6) is 0.419. The third kappa shape index (κ3) is 5.67. The summed E-state index contributed by atoms with van der Waals surface area (Å²) in [5.41, 5.74) is 1.20. The smallest absolute Gasteiger partial charge is 0.338 e. The fourth-order valence-electron chi connectivity index (χ4n) is 2.59. The molecule has 0 unspecified atom stereocenters. The molecule has 0 saturated carbocycles. The molecule has 1 amide bonds. The topological polar surface area (TPSA) is 58.6 Å². The van der Waals surface area contributed by atoms with E-state index in [1.807, 2.05) is 6.92 Å². The molecule has 0 atom stereocenters. The Morgan fingerprint density at radius 2 is 1.87 bits per heavy atom. The lowest BCUT2D eigenvalue weighted by molar-refractivity contribution is -0.117. The monoisotopic (exact) mass is 318 g/mol. The predicted molar refractivity (Wildman–Crippen MR) is 90.5 cm³/mol. The van der Waals surface area contributed by atoms with Gasteiger partial charge in [-0.2, -0.15) is 0 Å². The van der Waals surface area contributed by atoms with E-state index in [0.29, 0.717) is 24.4 Å². The van der Waals surface area contributed by atoms with Gasteiger partial charge in [0.1, 0.15) is 0 Å². The van der Waals surface area contributed by atoms with Crippen molar-refractivity contribution in [2.24, 2.45) is 5.92 Å². The first-order valence-electron chi connectivity index (χ1n) is 8.38. The molecule has 1 aromatic rings. The zero-order valence-electron chi connectivity index (χ0n) is 14.0. The van der Waals surface area contributed by atoms with Gasteiger partial charge >= 0.3 is 5.97 Å². The van der Waals surface area contributed by atoms with E-state index < -0.39 is 0 Å². The molecular weight excluding hydrogens is 292 g/mol. The lowest BCUT2D eigenvalue weighted by atomic mass is 9.99. The van der Waals surface area contributed by atoms with Gasteiger partial charge in [-0.05, 0) is 62.5 Å². The number of carbonyl (C=O) groups is 2. The van der Waals surface area contributed by atoms with Crippen LogP contribution >= 0.6 is 0 Å². The van der Waals surface area contributed by atoms with Crippen LogP contribution < -0.4 is 5.32 Å². The van der Waals surface area contributed by atoms with Crippen LogP contribution in [-0.2, 0) is 9.53 Å². The molecule has 5 nitrogen and oxygen atoms in total. The van der Waals surface area contributed by atoms with E-state index in [9.17, 15) is 9.59 Å². The van der Waals surface area contributed by atoms with Gasteiger partial charge in [0.15, 0.2) is 0 Å². The SMILES string of the molecule is CCCOC(=O)c1ccc(NC(=O)CN2CCC(C)CC2)cc1. The van der Waals surface area contributed by atoms with Crippen LogP contribution in [0.5, 0.6) is 0 Å². The number of piperidine rings is 1. The Labute approximate surface area is 138 Å². The lowest BCUT2D eigenvalue weighted by Crippen LogP contribution is -2.38. The highest BCUT2D eigenvalue weighted by Gasteiger charge is 2.18. The second-order valence-electron chi connectivity index (χ2n) is 6.22. The Hall–Kier alpha value is -1.88. The van der Waals surface area contributed by atoms with Crippen molar-refractivity contribution in [3.63, 3.8) is 0 Å². The standard InChI is InChI=1S/C18H26N2O3/c1-3-12-23-18(22)15-4-6-16(7-5-15)19-17(21)13-20-10-8-14(2)9-11-20/h4-7,14H,3,8-13H2,1-2H3,(H,19,21). The van der Waals surface area contributed by atoms with Gasteiger partial charge < -0.3 is 10.1 Å². The van der Waals surface area contributed by atoms with Crippen molar-refractivity contribution < 1.29 is 14.3 Å². The van der Waals surface area contributed by atoms with Crippen molar-refractivity contribution in [1.29, 1.82) is 0 Å². The number of anilines is 1. The van der Waals surface area contributed by atoms with E-state index in [0.717, 1.165) is 38.3 Å². The maximum Gasteiger partial charge on any atom is 0.338 e. The summed E-state index contributed by atoms with van der Waals surface area (Å²) in [6.45, 7) is 7.02. The molecule has 1 heterocycles. The molecule has 0 radical (unpaired) electrons. The van der Waals surface area contributed by atoms with E-state index in [4.69, 9.17) is 4.74 Å². The number of likely N-dealkylation sites (tertiary alicyclic amines) is 1. The molecule has 2 rings (SSSR count). The average Bonchev–Trinajstić information content (AvgIpc) is 2.55. The van der Waals surface area contributed by atoms with Crippen LogP contribution in [-0.4, -0.2) is 43.0 Å². The van der Waals surface area contributed by atoms with Gasteiger partial charge in [0.25, 0.3) is 0 Å². The van der Waals surface area contributed by atoms with Gasteiger partial charge in [0, 0.05) is 5.69 Å². The minimum absolute atomic E-state index is 0.0131. The van der Waals surface area contributed by atoms with Crippen molar-refractivity contribution in [2.45, 2.75) is 33.1 Å². The second-order valence-corrected chi connectivity index (χ2v) is 6.22. The van der Waals surface area contributed by atoms with Crippen LogP contribution in [0.2, 0.25) is 0 Å². The first kappa shape index (κ1) is 17.5. The molecule has 1 aromatic carbocycles. The minimum atomic E-state index is -0.327. The quantitative estimate of drug-likeness (QED) is 0.819. The van der Waals surface area contributed by atoms with Gasteiger partial charge in [-0.1, -0.05) is 13.8 Å². The third-order valence-electron chi connectivity index (χ3n) is 4.09. The molecule has 5 heteroatoms. The van der Waals surface area contributed by atoms with E-state index in [2.05, 4.69) is 17.1 Å². The molecule has 1 aliphatic heterocycles. The number of rotatable bonds is 6. The third-order valence-corrected chi connectivity index (χ3v) is 4.09. The minimum Gasteiger partial charge on any atom is -0.462 e. The van der Waals surface area contributed by atoms with Crippen molar-refractivity contribution in [3.05, 3.63) is 29.8 Å². The fraction of sp³-hybridized carbons (Fsp3) is 0.556. The molecule has 1 aliphatic rings. The number of hydrogen-bond acceptors (Lipinski definition) is 4. The second kappa shape index (κ2) is 8.67. The molecule has 1 saturated heterocycles. The fourth-order valence-corrected chi connectivity index (χ4v) is 2.59. The zero-order chi connectivity index (χ0) is 16.7. The van der Waals surface area contributed by atoms with Gasteiger partial charge in [-0.25, -0.2) is 4.79 Å². The van der Waals surface area contributed by atoms with Crippen molar-refractivity contribution in [2.75, 3.05) is 31.6 Å². The Morgan fingerprint density at radius 1 is 1.22 bits per heavy atom. The highest BCUT2D eigenvalue weighted by atomic mass is 16.5. The Morgan fingerprint density at radius 3 is 2.48 bits per heavy atom. The van der Waals surface area contributed by atoms with Gasteiger partial charge in [-0.15, -0.1) is 0 Å². The van der Waals surface area contributed by atoms with Gasteiger partial charge in [0.05, 0.1) is 18.7 Å². The average molecular weight is 318 g/mol. The number of esters is 1. The Kier molecular flexibility index (Phi) is 6.59. The molecular formula is C18H26N2O3. The van der Waals surface area contributed by atoms with E-state index >= 15 is 0 Å². The largest absolute Gasteiger partial charge is 0.462 e. The number of carbonyl (C=O) groups excluding carboxylic acids is 2. The number of amides is 1. The predicted octanol–water partition coefficient (Wildman–Crippen LogP) is 2.92. The van der Waals surface area contributed by atoms with Crippen LogP contribution in [0.4, 0.5) is 5.69 Å². The molecule has 0 bridgehead atoms. The van der Waals surface area contributed by atoms with Gasteiger partial charge in [-0.3, -0.25) is 9.69 Å². The van der Waals surface area contributed by atoms with E-state index in [-0.39, 0.29) is 11.9 Å². The zero-order valence-corrected chi connectivity index (χ0v) is 14.0. The molecule has 126 valence electrons. The number of benzene rings is 1.